The highest BCUT2D eigenvalue weighted by atomic mass is 19.1. The molecule has 3 aliphatic heterocycles. The topological polar surface area (TPSA) is 290 Å². The molecule has 3 aromatic carbocycles. The molecule has 0 saturated carbocycles. The van der Waals surface area contributed by atoms with Crippen molar-refractivity contribution in [2.45, 2.75) is 116 Å². The minimum Gasteiger partial charge on any atom is -0.445 e. The number of nitrogens with zero attached hydrogens (tertiary/aromatic N) is 4. The average Bonchev–Trinajstić information content (AvgIpc) is 2.70. The highest BCUT2D eigenvalue weighted by Crippen LogP contribution is 2.38. The fourth-order valence-electron chi connectivity index (χ4n) is 10.4. The van der Waals surface area contributed by atoms with Crippen molar-refractivity contribution in [2.24, 2.45) is 23.5 Å². The number of carbonyl (C=O) groups is 8. The van der Waals surface area contributed by atoms with Gasteiger partial charge in [-0.3, -0.25) is 28.9 Å². The molecule has 2 fully saturated rings. The average molecular weight is 1180 g/mol. The number of carbonyl (C=O) groups excluding carboxylic acids is 8. The van der Waals surface area contributed by atoms with Crippen LogP contribution in [0.25, 0.3) is 11.3 Å². The van der Waals surface area contributed by atoms with E-state index in [0.29, 0.717) is 68.9 Å². The smallest absolute Gasteiger partial charge is 0.407 e. The van der Waals surface area contributed by atoms with Gasteiger partial charge in [-0.05, 0) is 98.7 Å². The van der Waals surface area contributed by atoms with E-state index in [1.807, 2.05) is 34.9 Å². The van der Waals surface area contributed by atoms with Crippen LogP contribution in [0.15, 0.2) is 91.1 Å². The van der Waals surface area contributed by atoms with Gasteiger partial charge in [0.25, 0.3) is 11.8 Å². The fourth-order valence-corrected chi connectivity index (χ4v) is 10.4. The van der Waals surface area contributed by atoms with Gasteiger partial charge < -0.3 is 61.9 Å². The molecule has 3 aliphatic rings. The van der Waals surface area contributed by atoms with E-state index in [1.165, 1.54) is 12.2 Å². The summed E-state index contributed by atoms with van der Waals surface area (Å²) in [6.07, 6.45) is 5.04. The van der Waals surface area contributed by atoms with Crippen LogP contribution in [0, 0.1) is 29.4 Å². The largest absolute Gasteiger partial charge is 0.445 e. The Kier molecular flexibility index (Phi) is 23.8. The minimum absolute atomic E-state index is 0.0130. The molecule has 1 aromatic heterocycles. The van der Waals surface area contributed by atoms with Crippen LogP contribution in [-0.4, -0.2) is 144 Å². The van der Waals surface area contributed by atoms with Gasteiger partial charge in [-0.25, -0.2) is 32.5 Å². The van der Waals surface area contributed by atoms with Crippen LogP contribution in [0.5, 0.6) is 0 Å². The number of primary amides is 1. The molecule has 4 heterocycles. The second-order valence-corrected chi connectivity index (χ2v) is 22.0. The number of hydrogen-bond donors (Lipinski definition) is 8. The molecule has 2 saturated heterocycles. The molecule has 25 heteroatoms. The summed E-state index contributed by atoms with van der Waals surface area (Å²) in [5, 5.41) is 19.5. The maximum atomic E-state index is 15.5. The summed E-state index contributed by atoms with van der Waals surface area (Å²) in [5.41, 5.74) is 7.12. The lowest BCUT2D eigenvalue weighted by molar-refractivity contribution is -0.137. The van der Waals surface area contributed by atoms with Crippen molar-refractivity contribution in [3.8, 4) is 11.3 Å². The van der Waals surface area contributed by atoms with Gasteiger partial charge in [0, 0.05) is 107 Å². The molecule has 7 rings (SSSR count). The SMILES string of the molecule is CC(CNC(=O)OCc1ccc(NC(=O)C(CCCNC(N)=O)NC(=O)C(NC(=O)CCCCCN2C(=O)C=CC2=O)C(C)C)cc1)NC(=O)N(CC1CNCC1F)C(c1nc(-c2cc(F)ccc2F)cn1Cc1ccccc1)C1CCOCC1. The van der Waals surface area contributed by atoms with Crippen LogP contribution in [0.3, 0.4) is 0 Å². The van der Waals surface area contributed by atoms with E-state index in [4.69, 9.17) is 20.2 Å². The molecule has 4 aromatic rings. The first kappa shape index (κ1) is 64.2. The number of alkyl halides is 1. The molecule has 0 spiro atoms. The number of anilines is 1. The van der Waals surface area contributed by atoms with Crippen LogP contribution in [-0.2, 0) is 46.6 Å². The van der Waals surface area contributed by atoms with Crippen molar-refractivity contribution in [1.82, 2.24) is 51.3 Å². The van der Waals surface area contributed by atoms with Gasteiger partial charge in [-0.2, -0.15) is 0 Å². The summed E-state index contributed by atoms with van der Waals surface area (Å²) in [6.45, 7) is 6.78. The Hall–Kier alpha value is -8.32. The van der Waals surface area contributed by atoms with Crippen molar-refractivity contribution >= 4 is 53.4 Å². The molecule has 22 nitrogen and oxygen atoms in total. The van der Waals surface area contributed by atoms with E-state index < -0.39 is 77.9 Å². The lowest BCUT2D eigenvalue weighted by Crippen LogP contribution is -2.54. The van der Waals surface area contributed by atoms with Crippen molar-refractivity contribution in [1.29, 1.82) is 0 Å². The number of alkyl carbamates (subject to hydrolysis) is 1. The van der Waals surface area contributed by atoms with Gasteiger partial charge in [0.15, 0.2) is 0 Å². The number of imide groups is 1. The number of urea groups is 2. The Bertz CT molecular complexity index is 2960. The van der Waals surface area contributed by atoms with Crippen LogP contribution in [0.2, 0.25) is 0 Å². The number of imidazole rings is 1. The summed E-state index contributed by atoms with van der Waals surface area (Å²) in [6, 6.07) is 14.2. The molecule has 0 radical (unpaired) electrons. The second kappa shape index (κ2) is 31.5. The van der Waals surface area contributed by atoms with E-state index in [9.17, 15) is 42.7 Å². The maximum Gasteiger partial charge on any atom is 0.407 e. The first-order valence-corrected chi connectivity index (χ1v) is 28.9. The Balaban J connectivity index is 0.949. The number of unbranched alkanes of at least 4 members (excludes halogenated alkanes) is 2. The number of nitrogens with two attached hydrogens (primary N) is 1. The number of rotatable bonds is 29. The Morgan fingerprint density at radius 3 is 2.26 bits per heavy atom. The first-order valence-electron chi connectivity index (χ1n) is 28.9. The summed E-state index contributed by atoms with van der Waals surface area (Å²) < 4.78 is 58.7. The number of ether oxygens (including phenoxy) is 2. The van der Waals surface area contributed by atoms with Gasteiger partial charge >= 0.3 is 18.2 Å². The molecular formula is C60H77F3N12O10. The van der Waals surface area contributed by atoms with E-state index >= 15 is 8.78 Å². The first-order chi connectivity index (χ1) is 40.8. The zero-order valence-electron chi connectivity index (χ0n) is 48.1. The fraction of sp³-hybridized carbons (Fsp3) is 0.483. The minimum atomic E-state index is -1.26. The van der Waals surface area contributed by atoms with Crippen LogP contribution >= 0.6 is 0 Å². The van der Waals surface area contributed by atoms with Gasteiger partial charge in [0.1, 0.15) is 42.3 Å². The van der Waals surface area contributed by atoms with Gasteiger partial charge in [-0.15, -0.1) is 0 Å². The summed E-state index contributed by atoms with van der Waals surface area (Å²) >= 11 is 0. The molecule has 10 amide bonds. The molecule has 85 heavy (non-hydrogen) atoms. The number of nitrogens with one attached hydrogen (secondary N) is 7. The Labute approximate surface area is 491 Å². The van der Waals surface area contributed by atoms with Crippen molar-refractivity contribution < 1.29 is 61.0 Å². The van der Waals surface area contributed by atoms with Crippen molar-refractivity contribution in [2.75, 3.05) is 57.8 Å². The highest BCUT2D eigenvalue weighted by molar-refractivity contribution is 6.12. The van der Waals surface area contributed by atoms with E-state index in [-0.39, 0.29) is 106 Å². The molecule has 6 atom stereocenters. The number of aromatic nitrogens is 2. The third-order valence-corrected chi connectivity index (χ3v) is 15.0. The number of amides is 10. The highest BCUT2D eigenvalue weighted by Gasteiger charge is 2.41. The van der Waals surface area contributed by atoms with Crippen molar-refractivity contribution in [3.63, 3.8) is 0 Å². The summed E-state index contributed by atoms with van der Waals surface area (Å²) in [7, 11) is 0. The predicted octanol–water partition coefficient (Wildman–Crippen LogP) is 5.73. The Morgan fingerprint density at radius 2 is 1.58 bits per heavy atom. The summed E-state index contributed by atoms with van der Waals surface area (Å²) in [5.74, 6) is -4.42. The molecule has 0 aliphatic carbocycles. The molecule has 6 unspecified atom stereocenters. The standard InChI is InChI=1S/C60H77F3N12O10/c1-37(2)53(72-50(76)14-8-5-9-26-74-51(77)21-22-52(74)78)57(80)71-48(13-10-25-66-58(64)81)56(79)69-44-18-15-40(16-19-44)36-85-60(83)67-30-38(3)68-59(82)75(34-42-31-65-32-47(42)63)54(41-23-27-84-28-24-41)55-70-49(45-29-43(61)17-20-46(45)62)35-73(55)33-39-11-6-4-7-12-39/h4,6-7,11-12,15-22,29,35,37-38,41-42,47-48,53-54,65H,5,8-10,13-14,23-28,30-34,36H2,1-3H3,(H,67,83)(H,68,82)(H,69,79)(H,71,80)(H,72,76)(H3,64,66,81). The monoisotopic (exact) mass is 1180 g/mol. The van der Waals surface area contributed by atoms with Gasteiger partial charge in [-0.1, -0.05) is 62.7 Å². The lowest BCUT2D eigenvalue weighted by Gasteiger charge is -2.40. The second-order valence-electron chi connectivity index (χ2n) is 22.0. The molecule has 458 valence electrons. The molecule has 0 bridgehead atoms. The van der Waals surface area contributed by atoms with Crippen molar-refractivity contribution in [3.05, 3.63) is 120 Å². The normalized spacial score (nSPS) is 17.4. The lowest BCUT2D eigenvalue weighted by atomic mass is 9.89. The van der Waals surface area contributed by atoms with Gasteiger partial charge in [0.2, 0.25) is 17.7 Å². The Morgan fingerprint density at radius 1 is 0.847 bits per heavy atom. The zero-order chi connectivity index (χ0) is 61.0. The number of hydrogen-bond acceptors (Lipinski definition) is 12. The zero-order valence-corrected chi connectivity index (χ0v) is 48.1. The molecular weight excluding hydrogens is 1110 g/mol. The summed E-state index contributed by atoms with van der Waals surface area (Å²) in [4.78, 5) is 111. The molecule has 9 N–H and O–H groups in total. The number of benzene rings is 3. The van der Waals surface area contributed by atoms with E-state index in [1.54, 1.807) is 56.1 Å². The van der Waals surface area contributed by atoms with E-state index in [2.05, 4.69) is 37.2 Å². The van der Waals surface area contributed by atoms with E-state index in [0.717, 1.165) is 28.7 Å². The van der Waals surface area contributed by atoms with Crippen LogP contribution < -0.4 is 43.0 Å². The van der Waals surface area contributed by atoms with Crippen LogP contribution in [0.4, 0.5) is 33.2 Å². The predicted molar refractivity (Wildman–Crippen MR) is 308 cm³/mol. The van der Waals surface area contributed by atoms with Gasteiger partial charge in [0.05, 0.1) is 11.7 Å². The third kappa shape index (κ3) is 19.1. The third-order valence-electron chi connectivity index (χ3n) is 15.0. The maximum absolute atomic E-state index is 15.5. The number of halogens is 3. The van der Waals surface area contributed by atoms with Crippen LogP contribution in [0.1, 0.15) is 95.1 Å². The quantitative estimate of drug-likeness (QED) is 0.0239.